The predicted molar refractivity (Wildman–Crippen MR) is 57.4 cm³/mol. The van der Waals surface area contributed by atoms with Crippen LogP contribution >= 0.6 is 15.9 Å². The summed E-state index contributed by atoms with van der Waals surface area (Å²) in [6.07, 6.45) is -0.264. The molecule has 1 aliphatic heterocycles. The molecule has 1 atom stereocenters. The first-order chi connectivity index (χ1) is 6.68. The minimum atomic E-state index is -0.264. The van der Waals surface area contributed by atoms with Crippen molar-refractivity contribution >= 4 is 27.7 Å². The Hall–Kier alpha value is -1.03. The lowest BCUT2D eigenvalue weighted by Crippen LogP contribution is -2.30. The molecule has 0 aromatic heterocycles. The summed E-state index contributed by atoms with van der Waals surface area (Å²) in [5, 5.41) is 0. The second-order valence-electron chi connectivity index (χ2n) is 3.27. The van der Waals surface area contributed by atoms with Gasteiger partial charge >= 0.3 is 6.09 Å². The quantitative estimate of drug-likeness (QED) is 0.773. The van der Waals surface area contributed by atoms with Crippen LogP contribution < -0.4 is 4.90 Å². The van der Waals surface area contributed by atoms with Crippen molar-refractivity contribution in [3.05, 3.63) is 28.7 Å². The van der Waals surface area contributed by atoms with Crippen LogP contribution in [0.25, 0.3) is 0 Å². The van der Waals surface area contributed by atoms with Gasteiger partial charge in [-0.05, 0) is 31.2 Å². The van der Waals surface area contributed by atoms with Crippen molar-refractivity contribution < 1.29 is 9.53 Å². The van der Waals surface area contributed by atoms with E-state index in [2.05, 4.69) is 15.9 Å². The smallest absolute Gasteiger partial charge is 0.414 e. The number of carbonyl (C=O) groups excluding carboxylic acids is 1. The Kier molecular flexibility index (Phi) is 2.46. The molecule has 14 heavy (non-hydrogen) atoms. The zero-order valence-electron chi connectivity index (χ0n) is 7.74. The van der Waals surface area contributed by atoms with Gasteiger partial charge in [0, 0.05) is 10.2 Å². The van der Waals surface area contributed by atoms with Gasteiger partial charge in [-0.15, -0.1) is 0 Å². The van der Waals surface area contributed by atoms with Gasteiger partial charge in [-0.1, -0.05) is 15.9 Å². The van der Waals surface area contributed by atoms with Gasteiger partial charge in [0.2, 0.25) is 0 Å². The van der Waals surface area contributed by atoms with Crippen LogP contribution in [0.1, 0.15) is 6.92 Å². The summed E-state index contributed by atoms with van der Waals surface area (Å²) in [4.78, 5) is 13.0. The second kappa shape index (κ2) is 3.61. The van der Waals surface area contributed by atoms with Gasteiger partial charge in [-0.2, -0.15) is 0 Å². The van der Waals surface area contributed by atoms with E-state index in [1.54, 1.807) is 4.90 Å². The Morgan fingerprint density at radius 2 is 2.07 bits per heavy atom. The fourth-order valence-electron chi connectivity index (χ4n) is 1.48. The maximum Gasteiger partial charge on any atom is 0.414 e. The Morgan fingerprint density at radius 1 is 1.43 bits per heavy atom. The van der Waals surface area contributed by atoms with Crippen LogP contribution in [-0.2, 0) is 4.74 Å². The highest BCUT2D eigenvalue weighted by molar-refractivity contribution is 9.10. The largest absolute Gasteiger partial charge is 0.447 e. The van der Waals surface area contributed by atoms with E-state index >= 15 is 0 Å². The standard InChI is InChI=1S/C10H10BrNO2/c1-7-6-14-10(13)12(7)9-4-2-8(11)3-5-9/h2-5,7H,6H2,1H3/t7-/m0/s1. The van der Waals surface area contributed by atoms with E-state index in [0.29, 0.717) is 6.61 Å². The van der Waals surface area contributed by atoms with Crippen LogP contribution in [0.2, 0.25) is 0 Å². The van der Waals surface area contributed by atoms with Crippen molar-refractivity contribution in [3.8, 4) is 0 Å². The molecule has 1 aromatic rings. The average molecular weight is 256 g/mol. The fourth-order valence-corrected chi connectivity index (χ4v) is 1.74. The van der Waals surface area contributed by atoms with E-state index < -0.39 is 0 Å². The number of nitrogens with zero attached hydrogens (tertiary/aromatic N) is 1. The lowest BCUT2D eigenvalue weighted by Gasteiger charge is -2.17. The van der Waals surface area contributed by atoms with Crippen LogP contribution in [0.3, 0.4) is 0 Å². The molecule has 4 heteroatoms. The Balaban J connectivity index is 2.30. The van der Waals surface area contributed by atoms with Crippen molar-refractivity contribution in [3.63, 3.8) is 0 Å². The zero-order valence-corrected chi connectivity index (χ0v) is 9.32. The number of cyclic esters (lactones) is 1. The number of hydrogen-bond donors (Lipinski definition) is 0. The van der Waals surface area contributed by atoms with Crippen LogP contribution in [0.5, 0.6) is 0 Å². The third-order valence-corrected chi connectivity index (χ3v) is 2.72. The van der Waals surface area contributed by atoms with Gasteiger partial charge in [-0.3, -0.25) is 4.90 Å². The molecule has 0 aliphatic carbocycles. The summed E-state index contributed by atoms with van der Waals surface area (Å²) in [6, 6.07) is 7.73. The van der Waals surface area contributed by atoms with Crippen LogP contribution in [0.4, 0.5) is 10.5 Å². The van der Waals surface area contributed by atoms with Gasteiger partial charge in [0.15, 0.2) is 0 Å². The first kappa shape index (κ1) is 9.52. The normalized spacial score (nSPS) is 21.1. The van der Waals surface area contributed by atoms with Crippen molar-refractivity contribution in [1.82, 2.24) is 0 Å². The molecule has 1 aromatic carbocycles. The third kappa shape index (κ3) is 1.62. The van der Waals surface area contributed by atoms with Gasteiger partial charge in [0.05, 0.1) is 6.04 Å². The number of amides is 1. The number of hydrogen-bond acceptors (Lipinski definition) is 2. The summed E-state index contributed by atoms with van der Waals surface area (Å²) in [5.41, 5.74) is 0.878. The van der Waals surface area contributed by atoms with Crippen molar-refractivity contribution in [2.24, 2.45) is 0 Å². The number of halogens is 1. The number of carbonyl (C=O) groups is 1. The van der Waals surface area contributed by atoms with Crippen LogP contribution in [-0.4, -0.2) is 18.7 Å². The molecule has 74 valence electrons. The van der Waals surface area contributed by atoms with Crippen LogP contribution in [0, 0.1) is 0 Å². The minimum Gasteiger partial charge on any atom is -0.447 e. The van der Waals surface area contributed by atoms with Gasteiger partial charge in [0.1, 0.15) is 6.61 Å². The fraction of sp³-hybridized carbons (Fsp3) is 0.300. The van der Waals surface area contributed by atoms with Crippen molar-refractivity contribution in [2.45, 2.75) is 13.0 Å². The molecule has 2 rings (SSSR count). The number of benzene rings is 1. The molecule has 0 bridgehead atoms. The van der Waals surface area contributed by atoms with E-state index in [0.717, 1.165) is 10.2 Å². The third-order valence-electron chi connectivity index (χ3n) is 2.19. The summed E-state index contributed by atoms with van der Waals surface area (Å²) in [7, 11) is 0. The van der Waals surface area contributed by atoms with Crippen LogP contribution in [0.15, 0.2) is 28.7 Å². The van der Waals surface area contributed by atoms with Gasteiger partial charge < -0.3 is 4.74 Å². The second-order valence-corrected chi connectivity index (χ2v) is 4.19. The lowest BCUT2D eigenvalue weighted by atomic mass is 10.2. The van der Waals surface area contributed by atoms with E-state index in [1.807, 2.05) is 31.2 Å². The van der Waals surface area contributed by atoms with Crippen molar-refractivity contribution in [2.75, 3.05) is 11.5 Å². The first-order valence-electron chi connectivity index (χ1n) is 4.40. The molecule has 1 amide bonds. The van der Waals surface area contributed by atoms with Crippen molar-refractivity contribution in [1.29, 1.82) is 0 Å². The Labute approximate surface area is 90.8 Å². The SMILES string of the molecule is C[C@H]1COC(=O)N1c1ccc(Br)cc1. The maximum absolute atomic E-state index is 11.4. The van der Waals surface area contributed by atoms with E-state index in [1.165, 1.54) is 0 Å². The molecule has 0 radical (unpaired) electrons. The van der Waals surface area contributed by atoms with Gasteiger partial charge in [0.25, 0.3) is 0 Å². The molecule has 0 N–H and O–H groups in total. The first-order valence-corrected chi connectivity index (χ1v) is 5.19. The monoisotopic (exact) mass is 255 g/mol. The number of ether oxygens (including phenoxy) is 1. The molecule has 0 spiro atoms. The summed E-state index contributed by atoms with van der Waals surface area (Å²) < 4.78 is 5.94. The summed E-state index contributed by atoms with van der Waals surface area (Å²) in [5.74, 6) is 0. The highest BCUT2D eigenvalue weighted by Gasteiger charge is 2.30. The highest BCUT2D eigenvalue weighted by Crippen LogP contribution is 2.24. The average Bonchev–Trinajstić information content (AvgIpc) is 2.49. The summed E-state index contributed by atoms with van der Waals surface area (Å²) in [6.45, 7) is 2.43. The molecular formula is C10H10BrNO2. The molecule has 3 nitrogen and oxygen atoms in total. The van der Waals surface area contributed by atoms with E-state index in [4.69, 9.17) is 4.74 Å². The lowest BCUT2D eigenvalue weighted by molar-refractivity contribution is 0.179. The Bertz CT molecular complexity index is 350. The summed E-state index contributed by atoms with van der Waals surface area (Å²) >= 11 is 3.35. The van der Waals surface area contributed by atoms with Gasteiger partial charge in [-0.25, -0.2) is 4.79 Å². The molecule has 0 saturated carbocycles. The zero-order chi connectivity index (χ0) is 10.1. The highest BCUT2D eigenvalue weighted by atomic mass is 79.9. The van der Waals surface area contributed by atoms with E-state index in [9.17, 15) is 4.79 Å². The maximum atomic E-state index is 11.4. The number of anilines is 1. The topological polar surface area (TPSA) is 29.5 Å². The van der Waals surface area contributed by atoms with E-state index in [-0.39, 0.29) is 12.1 Å². The Morgan fingerprint density at radius 3 is 2.57 bits per heavy atom. The molecule has 1 saturated heterocycles. The number of rotatable bonds is 1. The minimum absolute atomic E-state index is 0.115. The molecule has 1 heterocycles. The molecule has 0 unspecified atom stereocenters. The molecular weight excluding hydrogens is 246 g/mol. The predicted octanol–water partition coefficient (Wildman–Crippen LogP) is 2.79. The molecule has 1 aliphatic rings. The molecule has 1 fully saturated rings.